The molecule has 6 aromatic carbocycles. The second-order valence-corrected chi connectivity index (χ2v) is 15.2. The van der Waals surface area contributed by atoms with Crippen molar-refractivity contribution in [2.24, 2.45) is 0 Å². The van der Waals surface area contributed by atoms with Crippen LogP contribution in [0.2, 0.25) is 0 Å². The van der Waals surface area contributed by atoms with Crippen LogP contribution in [0.15, 0.2) is 144 Å². The zero-order valence-electron chi connectivity index (χ0n) is 26.4. The Morgan fingerprint density at radius 2 is 1.37 bits per heavy atom. The average Bonchev–Trinajstić information content (AvgIpc) is 3.83. The normalized spacial score (nSPS) is 16.0. The van der Waals surface area contributed by atoms with Crippen LogP contribution >= 0.6 is 22.7 Å². The maximum atomic E-state index is 6.88. The van der Waals surface area contributed by atoms with Crippen LogP contribution in [0.4, 0.5) is 5.69 Å². The number of nitrogens with one attached hydrogen (secondary N) is 1. The molecule has 0 saturated carbocycles. The summed E-state index contributed by atoms with van der Waals surface area (Å²) in [6.07, 6.45) is 4.63. The standard InChI is InChI=1S/C44H28N2OS2/c1-2-11-26(12-3-1)43-45-44(35-19-10-22-39-40(35)34-14-5-7-21-38(34)48-39)46(43)27-23-24-28-30-15-8-16-31(41(30)47-36(28)25-27)33-18-9-17-32-29-13-4-6-20-37(29)49-42(32)33/h1-9,11-21,23-25,44H,10,22H2/p+1. The Kier molecular flexibility index (Phi) is 5.89. The molecule has 49 heavy (non-hydrogen) atoms. The molecule has 1 aliphatic heterocycles. The predicted octanol–water partition coefficient (Wildman–Crippen LogP) is 11.9. The Bertz CT molecular complexity index is 2870. The second kappa shape index (κ2) is 10.5. The van der Waals surface area contributed by atoms with Gasteiger partial charge in [-0.15, -0.1) is 22.7 Å². The van der Waals surface area contributed by atoms with Gasteiger partial charge in [-0.2, -0.15) is 4.58 Å². The largest absolute Gasteiger partial charge is 0.455 e. The summed E-state index contributed by atoms with van der Waals surface area (Å²) >= 11 is 3.81. The monoisotopic (exact) mass is 665 g/mol. The maximum absolute atomic E-state index is 6.88. The first kappa shape index (κ1) is 27.5. The van der Waals surface area contributed by atoms with Gasteiger partial charge in [-0.25, -0.2) is 5.32 Å². The SMILES string of the molecule is C1=C(C2NC(c3ccccc3)=[N+]2c2ccc3c(c2)oc2c(-c4cccc5c4sc4ccccc45)cccc23)c2c(sc3ccccc23)CC1. The van der Waals surface area contributed by atoms with Crippen LogP contribution in [0.25, 0.3) is 68.9 Å². The molecule has 232 valence electrons. The fourth-order valence-corrected chi connectivity index (χ4v) is 10.5. The minimum absolute atomic E-state index is 0.0233. The average molecular weight is 666 g/mol. The lowest BCUT2D eigenvalue weighted by Crippen LogP contribution is -2.58. The lowest BCUT2D eigenvalue weighted by atomic mass is 9.90. The lowest BCUT2D eigenvalue weighted by molar-refractivity contribution is -0.505. The molecule has 5 heteroatoms. The van der Waals surface area contributed by atoms with Gasteiger partial charge >= 0.3 is 0 Å². The minimum atomic E-state index is 0.0233. The van der Waals surface area contributed by atoms with Gasteiger partial charge in [-0.3, -0.25) is 0 Å². The zero-order valence-corrected chi connectivity index (χ0v) is 28.1. The molecule has 2 aliphatic rings. The first-order valence-corrected chi connectivity index (χ1v) is 18.5. The number of rotatable bonds is 4. The number of amidine groups is 1. The number of hydrogen-bond donors (Lipinski definition) is 1. The molecule has 1 unspecified atom stereocenters. The number of benzene rings is 6. The van der Waals surface area contributed by atoms with E-state index in [0.717, 1.165) is 51.9 Å². The van der Waals surface area contributed by atoms with Crippen molar-refractivity contribution in [2.45, 2.75) is 19.0 Å². The Morgan fingerprint density at radius 3 is 2.24 bits per heavy atom. The third kappa shape index (κ3) is 4.03. The van der Waals surface area contributed by atoms with E-state index in [1.54, 1.807) is 0 Å². The van der Waals surface area contributed by atoms with Crippen LogP contribution in [0.5, 0.6) is 0 Å². The summed E-state index contributed by atoms with van der Waals surface area (Å²) in [6, 6.07) is 48.2. The number of furan rings is 1. The van der Waals surface area contributed by atoms with Crippen LogP contribution < -0.4 is 5.32 Å². The Balaban J connectivity index is 1.08. The van der Waals surface area contributed by atoms with Crippen molar-refractivity contribution < 1.29 is 8.99 Å². The molecule has 1 aliphatic carbocycles. The Morgan fingerprint density at radius 1 is 0.633 bits per heavy atom. The fraction of sp³-hybridized carbons (Fsp3) is 0.0682. The number of aryl methyl sites for hydroxylation is 1. The molecule has 3 nitrogen and oxygen atoms in total. The van der Waals surface area contributed by atoms with Crippen molar-refractivity contribution in [1.29, 1.82) is 0 Å². The fourth-order valence-electron chi connectivity index (χ4n) is 8.05. The first-order valence-electron chi connectivity index (χ1n) is 16.8. The van der Waals surface area contributed by atoms with Gasteiger partial charge in [0.1, 0.15) is 16.9 Å². The molecule has 0 radical (unpaired) electrons. The van der Waals surface area contributed by atoms with E-state index in [-0.39, 0.29) is 6.17 Å². The van der Waals surface area contributed by atoms with Crippen molar-refractivity contribution in [2.75, 3.05) is 0 Å². The molecule has 0 spiro atoms. The molecule has 0 fully saturated rings. The topological polar surface area (TPSA) is 28.2 Å². The van der Waals surface area contributed by atoms with Gasteiger partial charge in [0.2, 0.25) is 0 Å². The van der Waals surface area contributed by atoms with Gasteiger partial charge in [0.05, 0.1) is 5.56 Å². The van der Waals surface area contributed by atoms with E-state index in [0.29, 0.717) is 0 Å². The Labute approximate surface area is 290 Å². The van der Waals surface area contributed by atoms with E-state index in [2.05, 4.69) is 149 Å². The molecule has 9 aromatic rings. The van der Waals surface area contributed by atoms with Crippen molar-refractivity contribution >= 4 is 92.0 Å². The third-order valence-electron chi connectivity index (χ3n) is 10.3. The number of fused-ring (bicyclic) bond motifs is 9. The highest BCUT2D eigenvalue weighted by molar-refractivity contribution is 7.26. The Hall–Kier alpha value is -5.49. The van der Waals surface area contributed by atoms with E-state index < -0.39 is 0 Å². The zero-order chi connectivity index (χ0) is 32.1. The van der Waals surface area contributed by atoms with E-state index in [9.17, 15) is 0 Å². The van der Waals surface area contributed by atoms with Crippen LogP contribution in [-0.4, -0.2) is 16.6 Å². The summed E-state index contributed by atoms with van der Waals surface area (Å²) < 4.78 is 13.3. The van der Waals surface area contributed by atoms with E-state index >= 15 is 0 Å². The second-order valence-electron chi connectivity index (χ2n) is 13.0. The van der Waals surface area contributed by atoms with Gasteiger partial charge in [0, 0.05) is 74.2 Å². The smallest absolute Gasteiger partial charge is 0.289 e. The molecule has 4 heterocycles. The van der Waals surface area contributed by atoms with Crippen molar-refractivity contribution in [3.05, 3.63) is 156 Å². The highest BCUT2D eigenvalue weighted by atomic mass is 32.1. The molecular formula is C44H29N2OS2+. The van der Waals surface area contributed by atoms with E-state index in [1.807, 2.05) is 22.7 Å². The third-order valence-corrected chi connectivity index (χ3v) is 12.7. The van der Waals surface area contributed by atoms with E-state index in [4.69, 9.17) is 4.42 Å². The molecule has 0 saturated heterocycles. The van der Waals surface area contributed by atoms with Gasteiger partial charge < -0.3 is 4.42 Å². The summed E-state index contributed by atoms with van der Waals surface area (Å²) in [5.74, 6) is 1.12. The number of thiophene rings is 2. The summed E-state index contributed by atoms with van der Waals surface area (Å²) in [5, 5.41) is 10.1. The summed E-state index contributed by atoms with van der Waals surface area (Å²) in [6.45, 7) is 0. The van der Waals surface area contributed by atoms with Gasteiger partial charge in [0.15, 0.2) is 0 Å². The summed E-state index contributed by atoms with van der Waals surface area (Å²) in [7, 11) is 0. The minimum Gasteiger partial charge on any atom is -0.455 e. The van der Waals surface area contributed by atoms with E-state index in [1.165, 1.54) is 57.4 Å². The molecule has 1 N–H and O–H groups in total. The quantitative estimate of drug-likeness (QED) is 0.190. The lowest BCUT2D eigenvalue weighted by Gasteiger charge is -2.32. The molecule has 11 rings (SSSR count). The first-order chi connectivity index (χ1) is 24.3. The molecule has 1 atom stereocenters. The van der Waals surface area contributed by atoms with Crippen LogP contribution in [-0.2, 0) is 6.42 Å². The van der Waals surface area contributed by atoms with Crippen LogP contribution in [0.1, 0.15) is 22.4 Å². The number of allylic oxidation sites excluding steroid dienone is 1. The molecule has 0 amide bonds. The highest BCUT2D eigenvalue weighted by Gasteiger charge is 2.44. The van der Waals surface area contributed by atoms with Crippen molar-refractivity contribution in [3.8, 4) is 11.1 Å². The molecule has 0 bridgehead atoms. The van der Waals surface area contributed by atoms with Gasteiger partial charge in [-0.05, 0) is 49.2 Å². The summed E-state index contributed by atoms with van der Waals surface area (Å²) in [4.78, 5) is 1.49. The number of nitrogens with zero attached hydrogens (tertiary/aromatic N) is 1. The predicted molar refractivity (Wildman–Crippen MR) is 208 cm³/mol. The highest BCUT2D eigenvalue weighted by Crippen LogP contribution is 2.46. The van der Waals surface area contributed by atoms with Crippen molar-refractivity contribution in [1.82, 2.24) is 5.32 Å². The van der Waals surface area contributed by atoms with Crippen LogP contribution in [0, 0.1) is 0 Å². The summed E-state index contributed by atoms with van der Waals surface area (Å²) in [5.41, 5.74) is 9.27. The maximum Gasteiger partial charge on any atom is 0.289 e. The number of hydrogen-bond acceptors (Lipinski definition) is 4. The van der Waals surface area contributed by atoms with Crippen LogP contribution in [0.3, 0.4) is 0 Å². The van der Waals surface area contributed by atoms with Gasteiger partial charge in [0.25, 0.3) is 12.0 Å². The molecule has 3 aromatic heterocycles. The molecular weight excluding hydrogens is 637 g/mol. The van der Waals surface area contributed by atoms with Gasteiger partial charge in [-0.1, -0.05) is 97.1 Å². The van der Waals surface area contributed by atoms with Crippen molar-refractivity contribution in [3.63, 3.8) is 0 Å². The number of para-hydroxylation sites is 1.